The van der Waals surface area contributed by atoms with Crippen molar-refractivity contribution in [3.05, 3.63) is 42.5 Å². The van der Waals surface area contributed by atoms with Crippen LogP contribution in [0.3, 0.4) is 0 Å². The van der Waals surface area contributed by atoms with Gasteiger partial charge in [-0.15, -0.1) is 0 Å². The molecule has 7 heteroatoms. The van der Waals surface area contributed by atoms with Crippen molar-refractivity contribution in [1.82, 2.24) is 4.90 Å². The predicted octanol–water partition coefficient (Wildman–Crippen LogP) is 2.53. The molecular formula is C21H26N2O5. The number of ether oxygens (including phenoxy) is 3. The summed E-state index contributed by atoms with van der Waals surface area (Å²) in [6, 6.07) is 12.2. The summed E-state index contributed by atoms with van der Waals surface area (Å²) in [6.45, 7) is 3.08. The smallest absolute Gasteiger partial charge is 0.226 e. The molecule has 1 heterocycles. The standard InChI is InChI=1S/C21H26N2O5/c1-26-18-7-8-20(27-2)19(15-18)22-10-12-23(13-11-22)21(25)9-14-28-17-5-3-16(24)4-6-17/h3-8,15,24H,9-14H2,1-2H3. The lowest BCUT2D eigenvalue weighted by molar-refractivity contribution is -0.132. The van der Waals surface area contributed by atoms with Gasteiger partial charge in [-0.3, -0.25) is 4.79 Å². The molecule has 0 bridgehead atoms. The van der Waals surface area contributed by atoms with E-state index in [1.165, 1.54) is 0 Å². The first-order chi connectivity index (χ1) is 13.6. The highest BCUT2D eigenvalue weighted by Crippen LogP contribution is 2.32. The van der Waals surface area contributed by atoms with Crippen molar-refractivity contribution in [3.63, 3.8) is 0 Å². The Balaban J connectivity index is 1.49. The summed E-state index contributed by atoms with van der Waals surface area (Å²) in [7, 11) is 3.29. The van der Waals surface area contributed by atoms with Gasteiger partial charge in [-0.25, -0.2) is 0 Å². The molecule has 150 valence electrons. The van der Waals surface area contributed by atoms with Crippen LogP contribution in [0.25, 0.3) is 0 Å². The number of carbonyl (C=O) groups is 1. The molecule has 1 aliphatic rings. The number of aromatic hydroxyl groups is 1. The maximum atomic E-state index is 12.5. The topological polar surface area (TPSA) is 71.5 Å². The lowest BCUT2D eigenvalue weighted by atomic mass is 10.2. The molecule has 2 aromatic rings. The van der Waals surface area contributed by atoms with Gasteiger partial charge in [-0.05, 0) is 36.4 Å². The van der Waals surface area contributed by atoms with Crippen LogP contribution in [0.4, 0.5) is 5.69 Å². The first-order valence-electron chi connectivity index (χ1n) is 9.27. The van der Waals surface area contributed by atoms with E-state index in [0.29, 0.717) is 31.9 Å². The number of methoxy groups -OCH3 is 2. The van der Waals surface area contributed by atoms with Gasteiger partial charge in [0, 0.05) is 32.2 Å². The molecule has 0 atom stereocenters. The Morgan fingerprint density at radius 1 is 0.964 bits per heavy atom. The Labute approximate surface area is 165 Å². The number of hydrogen-bond donors (Lipinski definition) is 1. The Kier molecular flexibility index (Phi) is 6.47. The van der Waals surface area contributed by atoms with Crippen molar-refractivity contribution in [1.29, 1.82) is 0 Å². The van der Waals surface area contributed by atoms with Crippen LogP contribution in [0, 0.1) is 0 Å². The number of nitrogens with zero attached hydrogens (tertiary/aromatic N) is 2. The fraction of sp³-hybridized carbons (Fsp3) is 0.381. The van der Waals surface area contributed by atoms with E-state index < -0.39 is 0 Å². The van der Waals surface area contributed by atoms with Gasteiger partial charge in [0.1, 0.15) is 23.0 Å². The fourth-order valence-electron chi connectivity index (χ4n) is 3.20. The zero-order chi connectivity index (χ0) is 19.9. The third-order valence-corrected chi connectivity index (χ3v) is 4.78. The summed E-state index contributed by atoms with van der Waals surface area (Å²) in [4.78, 5) is 16.5. The Morgan fingerprint density at radius 2 is 1.64 bits per heavy atom. The van der Waals surface area contributed by atoms with E-state index >= 15 is 0 Å². The number of piperazine rings is 1. The molecule has 1 amide bonds. The van der Waals surface area contributed by atoms with E-state index in [1.54, 1.807) is 38.5 Å². The van der Waals surface area contributed by atoms with Gasteiger partial charge in [0.2, 0.25) is 5.91 Å². The average Bonchev–Trinajstić information content (AvgIpc) is 2.74. The van der Waals surface area contributed by atoms with Crippen molar-refractivity contribution in [3.8, 4) is 23.0 Å². The third-order valence-electron chi connectivity index (χ3n) is 4.78. The van der Waals surface area contributed by atoms with Crippen LogP contribution in [0.5, 0.6) is 23.0 Å². The second-order valence-corrected chi connectivity index (χ2v) is 6.50. The van der Waals surface area contributed by atoms with Crippen molar-refractivity contribution in [2.45, 2.75) is 6.42 Å². The molecule has 1 N–H and O–H groups in total. The van der Waals surface area contributed by atoms with Gasteiger partial charge in [0.05, 0.1) is 32.9 Å². The second kappa shape index (κ2) is 9.21. The minimum atomic E-state index is 0.0797. The van der Waals surface area contributed by atoms with Crippen molar-refractivity contribution < 1.29 is 24.1 Å². The molecule has 0 aliphatic carbocycles. The zero-order valence-corrected chi connectivity index (χ0v) is 16.3. The molecular weight excluding hydrogens is 360 g/mol. The first-order valence-corrected chi connectivity index (χ1v) is 9.27. The highest BCUT2D eigenvalue weighted by Gasteiger charge is 2.23. The van der Waals surface area contributed by atoms with Crippen LogP contribution in [0.1, 0.15) is 6.42 Å². The molecule has 28 heavy (non-hydrogen) atoms. The lowest BCUT2D eigenvalue weighted by Gasteiger charge is -2.36. The van der Waals surface area contributed by atoms with Crippen LogP contribution in [0.15, 0.2) is 42.5 Å². The summed E-state index contributed by atoms with van der Waals surface area (Å²) in [5.74, 6) is 2.48. The quantitative estimate of drug-likeness (QED) is 0.789. The van der Waals surface area contributed by atoms with Gasteiger partial charge in [0.15, 0.2) is 0 Å². The van der Waals surface area contributed by atoms with Gasteiger partial charge in [-0.1, -0.05) is 0 Å². The maximum Gasteiger partial charge on any atom is 0.226 e. The van der Waals surface area contributed by atoms with Crippen molar-refractivity contribution in [2.24, 2.45) is 0 Å². The summed E-state index contributed by atoms with van der Waals surface area (Å²) in [5, 5.41) is 9.27. The first kappa shape index (κ1) is 19.7. The van der Waals surface area contributed by atoms with Crippen LogP contribution < -0.4 is 19.1 Å². The predicted molar refractivity (Wildman–Crippen MR) is 107 cm³/mol. The van der Waals surface area contributed by atoms with Crippen LogP contribution in [0.2, 0.25) is 0 Å². The highest BCUT2D eigenvalue weighted by atomic mass is 16.5. The Hall–Kier alpha value is -3.09. The molecule has 2 aromatic carbocycles. The van der Waals surface area contributed by atoms with Gasteiger partial charge in [0.25, 0.3) is 0 Å². The molecule has 3 rings (SSSR count). The van der Waals surface area contributed by atoms with E-state index in [2.05, 4.69) is 4.90 Å². The number of carbonyl (C=O) groups excluding carboxylic acids is 1. The number of phenolic OH excluding ortho intramolecular Hbond substituents is 1. The molecule has 7 nitrogen and oxygen atoms in total. The SMILES string of the molecule is COc1ccc(OC)c(N2CCN(C(=O)CCOc3ccc(O)cc3)CC2)c1. The van der Waals surface area contributed by atoms with Crippen LogP contribution >= 0.6 is 0 Å². The highest BCUT2D eigenvalue weighted by molar-refractivity contribution is 5.76. The molecule has 1 aliphatic heterocycles. The molecule has 1 fully saturated rings. The van der Waals surface area contributed by atoms with Crippen LogP contribution in [-0.2, 0) is 4.79 Å². The van der Waals surface area contributed by atoms with E-state index in [0.717, 1.165) is 30.3 Å². The summed E-state index contributed by atoms with van der Waals surface area (Å²) in [6.07, 6.45) is 0.323. The number of phenols is 1. The normalized spacial score (nSPS) is 13.9. The molecule has 1 saturated heterocycles. The van der Waals surface area contributed by atoms with Gasteiger partial charge >= 0.3 is 0 Å². The lowest BCUT2D eigenvalue weighted by Crippen LogP contribution is -2.49. The van der Waals surface area contributed by atoms with Crippen LogP contribution in [-0.4, -0.2) is 62.9 Å². The van der Waals surface area contributed by atoms with E-state index in [-0.39, 0.29) is 11.7 Å². The van der Waals surface area contributed by atoms with Crippen molar-refractivity contribution >= 4 is 11.6 Å². The number of hydrogen-bond acceptors (Lipinski definition) is 6. The minimum Gasteiger partial charge on any atom is -0.508 e. The fourth-order valence-corrected chi connectivity index (χ4v) is 3.20. The zero-order valence-electron chi connectivity index (χ0n) is 16.3. The molecule has 0 saturated carbocycles. The Morgan fingerprint density at radius 3 is 2.29 bits per heavy atom. The number of rotatable bonds is 7. The second-order valence-electron chi connectivity index (χ2n) is 6.50. The van der Waals surface area contributed by atoms with Gasteiger partial charge < -0.3 is 29.1 Å². The van der Waals surface area contributed by atoms with E-state index in [9.17, 15) is 9.90 Å². The Bertz CT molecular complexity index is 786. The summed E-state index contributed by atoms with van der Waals surface area (Å²) in [5.41, 5.74) is 0.976. The summed E-state index contributed by atoms with van der Waals surface area (Å²) >= 11 is 0. The summed E-state index contributed by atoms with van der Waals surface area (Å²) < 4.78 is 16.4. The average molecular weight is 386 g/mol. The number of amides is 1. The molecule has 0 unspecified atom stereocenters. The van der Waals surface area contributed by atoms with Gasteiger partial charge in [-0.2, -0.15) is 0 Å². The van der Waals surface area contributed by atoms with E-state index in [4.69, 9.17) is 14.2 Å². The van der Waals surface area contributed by atoms with E-state index in [1.807, 2.05) is 23.1 Å². The number of anilines is 1. The minimum absolute atomic E-state index is 0.0797. The maximum absolute atomic E-state index is 12.5. The number of benzene rings is 2. The molecule has 0 radical (unpaired) electrons. The molecule has 0 aromatic heterocycles. The van der Waals surface area contributed by atoms with Crippen molar-refractivity contribution in [2.75, 3.05) is 51.9 Å². The molecule has 0 spiro atoms. The third kappa shape index (κ3) is 4.79. The monoisotopic (exact) mass is 386 g/mol. The largest absolute Gasteiger partial charge is 0.508 e.